The quantitative estimate of drug-likeness (QED) is 0.883. The van der Waals surface area contributed by atoms with Crippen molar-refractivity contribution in [3.63, 3.8) is 0 Å². The minimum Gasteiger partial charge on any atom is -0.481 e. The van der Waals surface area contributed by atoms with Crippen LogP contribution >= 0.6 is 0 Å². The number of ether oxygens (including phenoxy) is 1. The largest absolute Gasteiger partial charge is 0.481 e. The third kappa shape index (κ3) is 4.29. The van der Waals surface area contributed by atoms with Gasteiger partial charge >= 0.3 is 5.97 Å². The zero-order valence-electron chi connectivity index (χ0n) is 12.1. The van der Waals surface area contributed by atoms with Gasteiger partial charge in [-0.3, -0.25) is 4.90 Å². The summed E-state index contributed by atoms with van der Waals surface area (Å²) in [5.74, 6) is -0.304. The van der Waals surface area contributed by atoms with Crippen LogP contribution in [0.15, 0.2) is 42.5 Å². The van der Waals surface area contributed by atoms with E-state index < -0.39 is 5.97 Å². The van der Waals surface area contributed by atoms with Crippen LogP contribution in [0.3, 0.4) is 0 Å². The maximum atomic E-state index is 10.8. The van der Waals surface area contributed by atoms with Gasteiger partial charge in [-0.15, -0.1) is 0 Å². The molecule has 0 radical (unpaired) electrons. The highest BCUT2D eigenvalue weighted by Crippen LogP contribution is 2.11. The Morgan fingerprint density at radius 2 is 1.90 bits per heavy atom. The number of hydrogen-bond donors (Lipinski definition) is 1. The van der Waals surface area contributed by atoms with Crippen LogP contribution in [0.2, 0.25) is 0 Å². The van der Waals surface area contributed by atoms with Gasteiger partial charge in [-0.05, 0) is 30.8 Å². The van der Waals surface area contributed by atoms with Crippen molar-refractivity contribution in [2.75, 3.05) is 14.2 Å². The van der Waals surface area contributed by atoms with E-state index in [1.54, 1.807) is 19.2 Å². The zero-order valence-corrected chi connectivity index (χ0v) is 12.1. The van der Waals surface area contributed by atoms with E-state index in [1.165, 1.54) is 0 Å². The summed E-state index contributed by atoms with van der Waals surface area (Å²) < 4.78 is 5.11. The van der Waals surface area contributed by atoms with Crippen molar-refractivity contribution in [1.82, 2.24) is 9.88 Å². The number of carboxylic acids is 1. The summed E-state index contributed by atoms with van der Waals surface area (Å²) in [6.45, 7) is 1.41. The van der Waals surface area contributed by atoms with Crippen LogP contribution in [0.1, 0.15) is 21.6 Å². The molecule has 0 amide bonds. The Morgan fingerprint density at radius 1 is 1.19 bits per heavy atom. The van der Waals surface area contributed by atoms with Crippen molar-refractivity contribution in [3.8, 4) is 5.88 Å². The Hall–Kier alpha value is -2.40. The summed E-state index contributed by atoms with van der Waals surface area (Å²) in [6.07, 6.45) is 0. The first-order valence-corrected chi connectivity index (χ1v) is 6.59. The summed E-state index contributed by atoms with van der Waals surface area (Å²) in [4.78, 5) is 17.3. The molecule has 0 aliphatic heterocycles. The molecule has 0 spiro atoms. The van der Waals surface area contributed by atoms with Crippen LogP contribution in [-0.4, -0.2) is 35.1 Å². The highest BCUT2D eigenvalue weighted by atomic mass is 16.5. The highest BCUT2D eigenvalue weighted by molar-refractivity contribution is 5.87. The lowest BCUT2D eigenvalue weighted by Gasteiger charge is -2.16. The van der Waals surface area contributed by atoms with Gasteiger partial charge in [0.15, 0.2) is 0 Å². The molecule has 0 atom stereocenters. The van der Waals surface area contributed by atoms with Gasteiger partial charge in [0, 0.05) is 19.2 Å². The molecule has 0 fully saturated rings. The van der Waals surface area contributed by atoms with Crippen molar-refractivity contribution < 1.29 is 14.6 Å². The topological polar surface area (TPSA) is 62.7 Å². The lowest BCUT2D eigenvalue weighted by molar-refractivity contribution is 0.0697. The number of hydrogen-bond acceptors (Lipinski definition) is 4. The number of aromatic carboxylic acids is 1. The maximum absolute atomic E-state index is 10.8. The molecular formula is C16H18N2O3. The number of carbonyl (C=O) groups is 1. The van der Waals surface area contributed by atoms with E-state index in [0.29, 0.717) is 18.0 Å². The molecule has 0 saturated carbocycles. The molecule has 0 aliphatic carbocycles. The third-order valence-corrected chi connectivity index (χ3v) is 3.08. The number of methoxy groups -OCH3 is 1. The average molecular weight is 286 g/mol. The number of rotatable bonds is 6. The van der Waals surface area contributed by atoms with Gasteiger partial charge in [0.05, 0.1) is 18.4 Å². The average Bonchev–Trinajstić information content (AvgIpc) is 2.47. The molecule has 2 aromatic rings. The molecule has 0 bridgehead atoms. The Morgan fingerprint density at radius 3 is 2.52 bits per heavy atom. The predicted molar refractivity (Wildman–Crippen MR) is 79.4 cm³/mol. The Kier molecular flexibility index (Phi) is 4.90. The fraction of sp³-hybridized carbons (Fsp3) is 0.250. The fourth-order valence-corrected chi connectivity index (χ4v) is 2.06. The molecule has 2 rings (SSSR count). The molecule has 5 nitrogen and oxygen atoms in total. The molecule has 1 N–H and O–H groups in total. The van der Waals surface area contributed by atoms with Crippen molar-refractivity contribution in [2.45, 2.75) is 13.1 Å². The van der Waals surface area contributed by atoms with Crippen molar-refractivity contribution >= 4 is 5.97 Å². The van der Waals surface area contributed by atoms with Crippen LogP contribution in [-0.2, 0) is 13.1 Å². The van der Waals surface area contributed by atoms with E-state index in [0.717, 1.165) is 17.8 Å². The highest BCUT2D eigenvalue weighted by Gasteiger charge is 2.06. The summed E-state index contributed by atoms with van der Waals surface area (Å²) in [7, 11) is 3.59. The van der Waals surface area contributed by atoms with Crippen LogP contribution in [0.25, 0.3) is 0 Å². The SMILES string of the molecule is COc1cccc(CN(C)Cc2ccc(C(=O)O)cc2)n1. The van der Waals surface area contributed by atoms with Gasteiger partial charge in [0.2, 0.25) is 5.88 Å². The summed E-state index contributed by atoms with van der Waals surface area (Å²) in [5.41, 5.74) is 2.29. The molecule has 21 heavy (non-hydrogen) atoms. The number of aromatic nitrogens is 1. The van der Waals surface area contributed by atoms with E-state index in [9.17, 15) is 4.79 Å². The van der Waals surface area contributed by atoms with Gasteiger partial charge in [0.25, 0.3) is 0 Å². The molecule has 0 saturated heterocycles. The normalized spacial score (nSPS) is 10.6. The van der Waals surface area contributed by atoms with E-state index in [4.69, 9.17) is 9.84 Å². The first kappa shape index (κ1) is 15.0. The maximum Gasteiger partial charge on any atom is 0.335 e. The van der Waals surface area contributed by atoms with E-state index in [1.807, 2.05) is 37.4 Å². The van der Waals surface area contributed by atoms with Crippen LogP contribution in [0.5, 0.6) is 5.88 Å². The lowest BCUT2D eigenvalue weighted by Crippen LogP contribution is -2.18. The van der Waals surface area contributed by atoms with Crippen molar-refractivity contribution in [3.05, 3.63) is 59.3 Å². The minimum atomic E-state index is -0.907. The monoisotopic (exact) mass is 286 g/mol. The standard InChI is InChI=1S/C16H18N2O3/c1-18(11-14-4-3-5-15(17-14)21-2)10-12-6-8-13(9-7-12)16(19)20/h3-9H,10-11H2,1-2H3,(H,19,20). The molecule has 1 aromatic heterocycles. The van der Waals surface area contributed by atoms with Gasteiger partial charge in [-0.2, -0.15) is 0 Å². The molecule has 110 valence electrons. The predicted octanol–water partition coefficient (Wildman–Crippen LogP) is 2.42. The summed E-state index contributed by atoms with van der Waals surface area (Å²) >= 11 is 0. The number of carboxylic acid groups (broad SMARTS) is 1. The smallest absolute Gasteiger partial charge is 0.335 e. The van der Waals surface area contributed by atoms with Crippen LogP contribution in [0.4, 0.5) is 0 Å². The van der Waals surface area contributed by atoms with Crippen LogP contribution in [0, 0.1) is 0 Å². The summed E-state index contributed by atoms with van der Waals surface area (Å²) in [6, 6.07) is 12.6. The van der Waals surface area contributed by atoms with Crippen molar-refractivity contribution in [1.29, 1.82) is 0 Å². The summed E-state index contributed by atoms with van der Waals surface area (Å²) in [5, 5.41) is 8.87. The number of nitrogens with zero attached hydrogens (tertiary/aromatic N) is 2. The third-order valence-electron chi connectivity index (χ3n) is 3.08. The Balaban J connectivity index is 1.97. The molecule has 5 heteroatoms. The number of pyridine rings is 1. The second-order valence-corrected chi connectivity index (χ2v) is 4.85. The molecule has 0 unspecified atom stereocenters. The molecule has 0 aliphatic rings. The number of benzene rings is 1. The first-order chi connectivity index (χ1) is 10.1. The van der Waals surface area contributed by atoms with Gasteiger partial charge < -0.3 is 9.84 Å². The second-order valence-electron chi connectivity index (χ2n) is 4.85. The van der Waals surface area contributed by atoms with Gasteiger partial charge in [-0.25, -0.2) is 9.78 Å². The van der Waals surface area contributed by atoms with E-state index in [-0.39, 0.29) is 0 Å². The van der Waals surface area contributed by atoms with E-state index in [2.05, 4.69) is 9.88 Å². The van der Waals surface area contributed by atoms with Crippen LogP contribution < -0.4 is 4.74 Å². The first-order valence-electron chi connectivity index (χ1n) is 6.59. The Bertz CT molecular complexity index is 611. The Labute approximate surface area is 123 Å². The van der Waals surface area contributed by atoms with Crippen molar-refractivity contribution in [2.24, 2.45) is 0 Å². The van der Waals surface area contributed by atoms with Gasteiger partial charge in [-0.1, -0.05) is 18.2 Å². The molecule has 1 aromatic carbocycles. The molecular weight excluding hydrogens is 268 g/mol. The second kappa shape index (κ2) is 6.85. The zero-order chi connectivity index (χ0) is 15.2. The molecule has 1 heterocycles. The minimum absolute atomic E-state index is 0.302. The lowest BCUT2D eigenvalue weighted by atomic mass is 10.1. The van der Waals surface area contributed by atoms with Gasteiger partial charge in [0.1, 0.15) is 0 Å². The fourth-order valence-electron chi connectivity index (χ4n) is 2.06. The van der Waals surface area contributed by atoms with E-state index >= 15 is 0 Å².